The van der Waals surface area contributed by atoms with Crippen LogP contribution in [0.4, 0.5) is 0 Å². The van der Waals surface area contributed by atoms with Gasteiger partial charge >= 0.3 is 5.97 Å². The Labute approximate surface area is 78.1 Å². The first-order chi connectivity index (χ1) is 6.01. The van der Waals surface area contributed by atoms with Crippen molar-refractivity contribution in [1.82, 2.24) is 0 Å². The zero-order valence-corrected chi connectivity index (χ0v) is 8.20. The molecule has 74 valence electrons. The lowest BCUT2D eigenvalue weighted by Crippen LogP contribution is -2.38. The molecular weight excluding hydrogens is 170 g/mol. The van der Waals surface area contributed by atoms with E-state index in [2.05, 4.69) is 4.74 Å². The Bertz CT molecular complexity index is 221. The molecular formula is C9H15NO3. The molecule has 0 saturated carbocycles. The van der Waals surface area contributed by atoms with Crippen LogP contribution in [0, 0.1) is 16.7 Å². The van der Waals surface area contributed by atoms with E-state index in [1.807, 2.05) is 6.07 Å². The van der Waals surface area contributed by atoms with Gasteiger partial charge in [0, 0.05) is 0 Å². The van der Waals surface area contributed by atoms with Gasteiger partial charge in [-0.25, -0.2) is 4.79 Å². The molecule has 13 heavy (non-hydrogen) atoms. The molecule has 0 aromatic carbocycles. The number of hydrogen-bond acceptors (Lipinski definition) is 4. The lowest BCUT2D eigenvalue weighted by atomic mass is 9.83. The number of esters is 1. The first kappa shape index (κ1) is 11.9. The van der Waals surface area contributed by atoms with Gasteiger partial charge in [-0.1, -0.05) is 6.92 Å². The predicted molar refractivity (Wildman–Crippen MR) is 46.7 cm³/mol. The topological polar surface area (TPSA) is 70.3 Å². The molecule has 0 heterocycles. The smallest absolute Gasteiger partial charge is 0.336 e. The minimum atomic E-state index is -1.36. The van der Waals surface area contributed by atoms with Gasteiger partial charge in [-0.2, -0.15) is 5.26 Å². The van der Waals surface area contributed by atoms with Gasteiger partial charge in [-0.15, -0.1) is 0 Å². The molecule has 2 atom stereocenters. The second-order valence-electron chi connectivity index (χ2n) is 3.04. The number of hydrogen-bond donors (Lipinski definition) is 1. The highest BCUT2D eigenvalue weighted by molar-refractivity contribution is 5.76. The SMILES string of the molecule is CCOC(=O)C(O)C(C)(C#N)CC. The van der Waals surface area contributed by atoms with Crippen LogP contribution in [0.2, 0.25) is 0 Å². The number of carbonyl (C=O) groups excluding carboxylic acids is 1. The molecule has 0 amide bonds. The molecule has 0 aromatic rings. The van der Waals surface area contributed by atoms with Crippen molar-refractivity contribution in [3.05, 3.63) is 0 Å². The van der Waals surface area contributed by atoms with E-state index < -0.39 is 17.5 Å². The van der Waals surface area contributed by atoms with E-state index in [1.54, 1.807) is 13.8 Å². The molecule has 0 fully saturated rings. The van der Waals surface area contributed by atoms with Crippen molar-refractivity contribution < 1.29 is 14.6 Å². The Kier molecular flexibility index (Phi) is 4.43. The maximum Gasteiger partial charge on any atom is 0.336 e. The van der Waals surface area contributed by atoms with Crippen LogP contribution in [0.1, 0.15) is 27.2 Å². The number of aliphatic hydroxyl groups is 1. The summed E-state index contributed by atoms with van der Waals surface area (Å²) in [6.07, 6.45) is -0.953. The average Bonchev–Trinajstić information content (AvgIpc) is 2.16. The highest BCUT2D eigenvalue weighted by Gasteiger charge is 2.37. The van der Waals surface area contributed by atoms with Gasteiger partial charge in [-0.05, 0) is 20.3 Å². The molecule has 0 aliphatic carbocycles. The van der Waals surface area contributed by atoms with E-state index >= 15 is 0 Å². The van der Waals surface area contributed by atoms with Crippen molar-refractivity contribution in [2.24, 2.45) is 5.41 Å². The fourth-order valence-corrected chi connectivity index (χ4v) is 0.815. The summed E-state index contributed by atoms with van der Waals surface area (Å²) >= 11 is 0. The number of nitriles is 1. The van der Waals surface area contributed by atoms with E-state index in [4.69, 9.17) is 5.26 Å². The third-order valence-electron chi connectivity index (χ3n) is 2.10. The summed E-state index contributed by atoms with van der Waals surface area (Å²) < 4.78 is 4.61. The Morgan fingerprint density at radius 3 is 2.54 bits per heavy atom. The largest absolute Gasteiger partial charge is 0.464 e. The van der Waals surface area contributed by atoms with Crippen LogP contribution in [-0.4, -0.2) is 23.8 Å². The number of ether oxygens (including phenoxy) is 1. The van der Waals surface area contributed by atoms with Crippen LogP contribution in [0.5, 0.6) is 0 Å². The number of aliphatic hydroxyl groups excluding tert-OH is 1. The monoisotopic (exact) mass is 185 g/mol. The quantitative estimate of drug-likeness (QED) is 0.659. The van der Waals surface area contributed by atoms with Gasteiger partial charge < -0.3 is 9.84 Å². The second kappa shape index (κ2) is 4.83. The van der Waals surface area contributed by atoms with Crippen molar-refractivity contribution in [1.29, 1.82) is 5.26 Å². The molecule has 0 rings (SSSR count). The first-order valence-electron chi connectivity index (χ1n) is 4.27. The Hall–Kier alpha value is -1.08. The third-order valence-corrected chi connectivity index (χ3v) is 2.10. The summed E-state index contributed by atoms with van der Waals surface area (Å²) in [6, 6.07) is 1.92. The Morgan fingerprint density at radius 1 is 1.69 bits per heavy atom. The second-order valence-corrected chi connectivity index (χ2v) is 3.04. The molecule has 4 heteroatoms. The lowest BCUT2D eigenvalue weighted by molar-refractivity contribution is -0.158. The molecule has 2 unspecified atom stereocenters. The van der Waals surface area contributed by atoms with E-state index in [-0.39, 0.29) is 6.61 Å². The van der Waals surface area contributed by atoms with Gasteiger partial charge in [0.2, 0.25) is 0 Å². The maximum absolute atomic E-state index is 11.1. The fourth-order valence-electron chi connectivity index (χ4n) is 0.815. The van der Waals surface area contributed by atoms with Gasteiger partial charge in [0.15, 0.2) is 6.10 Å². The van der Waals surface area contributed by atoms with Crippen molar-refractivity contribution in [2.75, 3.05) is 6.61 Å². The summed E-state index contributed by atoms with van der Waals surface area (Å²) in [6.45, 7) is 5.14. The molecule has 0 saturated heterocycles. The lowest BCUT2D eigenvalue weighted by Gasteiger charge is -2.23. The summed E-state index contributed by atoms with van der Waals surface area (Å²) in [4.78, 5) is 11.1. The fraction of sp³-hybridized carbons (Fsp3) is 0.778. The van der Waals surface area contributed by atoms with E-state index in [0.717, 1.165) is 0 Å². The Morgan fingerprint density at radius 2 is 2.23 bits per heavy atom. The Balaban J connectivity index is 4.48. The van der Waals surface area contributed by atoms with Crippen molar-refractivity contribution in [3.63, 3.8) is 0 Å². The minimum absolute atomic E-state index is 0.209. The predicted octanol–water partition coefficient (Wildman–Crippen LogP) is 0.850. The van der Waals surface area contributed by atoms with Crippen molar-refractivity contribution in [3.8, 4) is 6.07 Å². The van der Waals surface area contributed by atoms with Crippen LogP contribution in [-0.2, 0) is 9.53 Å². The summed E-state index contributed by atoms with van der Waals surface area (Å²) in [5.74, 6) is -0.728. The summed E-state index contributed by atoms with van der Waals surface area (Å²) in [5, 5.41) is 18.2. The maximum atomic E-state index is 11.1. The molecule has 1 N–H and O–H groups in total. The zero-order valence-electron chi connectivity index (χ0n) is 8.20. The van der Waals surface area contributed by atoms with E-state index in [1.165, 1.54) is 6.92 Å². The van der Waals surface area contributed by atoms with Gasteiger partial charge in [0.1, 0.15) is 0 Å². The van der Waals surface area contributed by atoms with Crippen LogP contribution in [0.3, 0.4) is 0 Å². The van der Waals surface area contributed by atoms with Crippen molar-refractivity contribution >= 4 is 5.97 Å². The first-order valence-corrected chi connectivity index (χ1v) is 4.27. The molecule has 0 spiro atoms. The van der Waals surface area contributed by atoms with Gasteiger partial charge in [0.25, 0.3) is 0 Å². The standard InChI is InChI=1S/C9H15NO3/c1-4-9(3,6-10)7(11)8(12)13-5-2/h7,11H,4-5H2,1-3H3. The van der Waals surface area contributed by atoms with E-state index in [0.29, 0.717) is 6.42 Å². The molecule has 0 aromatic heterocycles. The molecule has 0 bridgehead atoms. The normalized spacial score (nSPS) is 16.8. The molecule has 0 aliphatic rings. The van der Waals surface area contributed by atoms with Crippen LogP contribution < -0.4 is 0 Å². The minimum Gasteiger partial charge on any atom is -0.464 e. The number of carbonyl (C=O) groups is 1. The molecule has 0 aliphatic heterocycles. The van der Waals surface area contributed by atoms with Crippen LogP contribution in [0.25, 0.3) is 0 Å². The summed E-state index contributed by atoms with van der Waals surface area (Å²) in [5.41, 5.74) is -1.05. The zero-order chi connectivity index (χ0) is 10.5. The van der Waals surface area contributed by atoms with Crippen molar-refractivity contribution in [2.45, 2.75) is 33.3 Å². The number of nitrogens with zero attached hydrogens (tertiary/aromatic N) is 1. The molecule has 4 nitrogen and oxygen atoms in total. The average molecular weight is 185 g/mol. The van der Waals surface area contributed by atoms with Gasteiger partial charge in [0.05, 0.1) is 18.1 Å². The summed E-state index contributed by atoms with van der Waals surface area (Å²) in [7, 11) is 0. The highest BCUT2D eigenvalue weighted by Crippen LogP contribution is 2.25. The van der Waals surface area contributed by atoms with Crippen LogP contribution >= 0.6 is 0 Å². The third kappa shape index (κ3) is 2.71. The van der Waals surface area contributed by atoms with Crippen LogP contribution in [0.15, 0.2) is 0 Å². The van der Waals surface area contributed by atoms with E-state index in [9.17, 15) is 9.90 Å². The molecule has 0 radical (unpaired) electrons. The highest BCUT2D eigenvalue weighted by atomic mass is 16.5. The number of rotatable bonds is 4. The van der Waals surface area contributed by atoms with Gasteiger partial charge in [-0.3, -0.25) is 0 Å².